The minimum Gasteiger partial charge on any atom is -0.493 e. The van der Waals surface area contributed by atoms with Crippen molar-refractivity contribution >= 4 is 5.95 Å². The normalized spacial score (nSPS) is 16.1. The molecule has 0 aromatic carbocycles. The average Bonchev–Trinajstić information content (AvgIpc) is 2.61. The molecule has 2 aromatic rings. The average molecular weight is 352 g/mol. The number of ether oxygens (including phenoxy) is 1. The first kappa shape index (κ1) is 17.4. The standard InChI is InChI=1S/C17H19F3N4O/c1-12-10-21-6-2-14(12)25-11-13-4-8-24(9-5-13)16-22-7-3-15(23-16)17(18,19)20/h2-3,6-7,10,13H,4-5,8-9,11H2,1H3. The largest absolute Gasteiger partial charge is 0.493 e. The van der Waals surface area contributed by atoms with Gasteiger partial charge in [-0.05, 0) is 37.8 Å². The molecule has 0 spiro atoms. The zero-order chi connectivity index (χ0) is 17.9. The highest BCUT2D eigenvalue weighted by Gasteiger charge is 2.33. The predicted octanol–water partition coefficient (Wildman–Crippen LogP) is 3.49. The first-order valence-electron chi connectivity index (χ1n) is 8.12. The number of halogens is 3. The molecule has 3 rings (SSSR count). The van der Waals surface area contributed by atoms with Crippen LogP contribution in [-0.2, 0) is 6.18 Å². The molecule has 1 saturated heterocycles. The SMILES string of the molecule is Cc1cnccc1OCC1CCN(c2nccc(C(F)(F)F)n2)CC1. The van der Waals surface area contributed by atoms with Crippen molar-refractivity contribution in [2.45, 2.75) is 25.9 Å². The molecular formula is C17H19F3N4O. The Labute approximate surface area is 143 Å². The van der Waals surface area contributed by atoms with Gasteiger partial charge in [0, 0.05) is 37.2 Å². The summed E-state index contributed by atoms with van der Waals surface area (Å²) in [4.78, 5) is 13.5. The van der Waals surface area contributed by atoms with Crippen LogP contribution in [0, 0.1) is 12.8 Å². The van der Waals surface area contributed by atoms with Crippen LogP contribution in [0.15, 0.2) is 30.7 Å². The second-order valence-electron chi connectivity index (χ2n) is 6.12. The fourth-order valence-electron chi connectivity index (χ4n) is 2.79. The van der Waals surface area contributed by atoms with Crippen molar-refractivity contribution in [3.63, 3.8) is 0 Å². The molecule has 0 bridgehead atoms. The van der Waals surface area contributed by atoms with E-state index in [0.29, 0.717) is 25.6 Å². The van der Waals surface area contributed by atoms with Crippen molar-refractivity contribution < 1.29 is 17.9 Å². The molecule has 0 radical (unpaired) electrons. The lowest BCUT2D eigenvalue weighted by atomic mass is 9.98. The zero-order valence-electron chi connectivity index (χ0n) is 13.8. The smallest absolute Gasteiger partial charge is 0.433 e. The predicted molar refractivity (Wildman–Crippen MR) is 86.4 cm³/mol. The van der Waals surface area contributed by atoms with Gasteiger partial charge in [-0.3, -0.25) is 4.98 Å². The van der Waals surface area contributed by atoms with Gasteiger partial charge in [0.05, 0.1) is 6.61 Å². The molecule has 8 heteroatoms. The molecule has 1 fully saturated rings. The third-order valence-electron chi connectivity index (χ3n) is 4.27. The van der Waals surface area contributed by atoms with E-state index in [9.17, 15) is 13.2 Å². The molecule has 5 nitrogen and oxygen atoms in total. The topological polar surface area (TPSA) is 51.1 Å². The van der Waals surface area contributed by atoms with Crippen LogP contribution in [0.25, 0.3) is 0 Å². The van der Waals surface area contributed by atoms with Crippen LogP contribution < -0.4 is 9.64 Å². The molecule has 0 atom stereocenters. The molecule has 1 aliphatic rings. The lowest BCUT2D eigenvalue weighted by molar-refractivity contribution is -0.141. The Morgan fingerprint density at radius 3 is 2.64 bits per heavy atom. The van der Waals surface area contributed by atoms with Gasteiger partial charge in [-0.15, -0.1) is 0 Å². The summed E-state index contributed by atoms with van der Waals surface area (Å²) in [6, 6.07) is 2.72. The van der Waals surface area contributed by atoms with Crippen LogP contribution in [0.4, 0.5) is 19.1 Å². The number of pyridine rings is 1. The second-order valence-corrected chi connectivity index (χ2v) is 6.12. The Hall–Kier alpha value is -2.38. The number of alkyl halides is 3. The van der Waals surface area contributed by atoms with E-state index in [1.165, 1.54) is 0 Å². The number of aromatic nitrogens is 3. The Kier molecular flexibility index (Phi) is 5.06. The van der Waals surface area contributed by atoms with Gasteiger partial charge >= 0.3 is 6.18 Å². The van der Waals surface area contributed by atoms with E-state index in [1.807, 2.05) is 13.0 Å². The Morgan fingerprint density at radius 1 is 1.20 bits per heavy atom. The summed E-state index contributed by atoms with van der Waals surface area (Å²) >= 11 is 0. The van der Waals surface area contributed by atoms with Gasteiger partial charge in [-0.2, -0.15) is 13.2 Å². The van der Waals surface area contributed by atoms with E-state index < -0.39 is 11.9 Å². The maximum atomic E-state index is 12.8. The second kappa shape index (κ2) is 7.25. The van der Waals surface area contributed by atoms with Crippen molar-refractivity contribution in [1.29, 1.82) is 0 Å². The van der Waals surface area contributed by atoms with Crippen molar-refractivity contribution in [2.24, 2.45) is 5.92 Å². The number of nitrogens with zero attached hydrogens (tertiary/aromatic N) is 4. The van der Waals surface area contributed by atoms with Crippen molar-refractivity contribution in [3.05, 3.63) is 42.0 Å². The molecule has 0 saturated carbocycles. The number of hydrogen-bond acceptors (Lipinski definition) is 5. The van der Waals surface area contributed by atoms with Crippen molar-refractivity contribution in [3.8, 4) is 5.75 Å². The Morgan fingerprint density at radius 2 is 1.96 bits per heavy atom. The summed E-state index contributed by atoms with van der Waals surface area (Å²) in [6.07, 6.45) is 1.80. The number of aryl methyl sites for hydroxylation is 1. The summed E-state index contributed by atoms with van der Waals surface area (Å²) in [5.41, 5.74) is 0.0772. The third-order valence-corrected chi connectivity index (χ3v) is 4.27. The molecule has 3 heterocycles. The Bertz CT molecular complexity index is 715. The molecule has 2 aromatic heterocycles. The minimum absolute atomic E-state index is 0.138. The monoisotopic (exact) mass is 352 g/mol. The summed E-state index contributed by atoms with van der Waals surface area (Å²) in [5.74, 6) is 1.31. The van der Waals surface area contributed by atoms with Gasteiger partial charge in [-0.1, -0.05) is 0 Å². The van der Waals surface area contributed by atoms with Crippen LogP contribution in [-0.4, -0.2) is 34.6 Å². The molecule has 0 amide bonds. The molecule has 0 aliphatic carbocycles. The zero-order valence-corrected chi connectivity index (χ0v) is 13.8. The number of piperidine rings is 1. The summed E-state index contributed by atoms with van der Waals surface area (Å²) < 4.78 is 44.1. The summed E-state index contributed by atoms with van der Waals surface area (Å²) in [6.45, 7) is 3.76. The van der Waals surface area contributed by atoms with Gasteiger partial charge in [0.25, 0.3) is 0 Å². The van der Waals surface area contributed by atoms with Gasteiger partial charge in [0.2, 0.25) is 5.95 Å². The van der Waals surface area contributed by atoms with E-state index in [1.54, 1.807) is 17.3 Å². The first-order chi connectivity index (χ1) is 11.9. The van der Waals surface area contributed by atoms with Crippen LogP contribution in [0.3, 0.4) is 0 Å². The first-order valence-corrected chi connectivity index (χ1v) is 8.12. The maximum absolute atomic E-state index is 12.8. The minimum atomic E-state index is -4.45. The number of hydrogen-bond donors (Lipinski definition) is 0. The van der Waals surface area contributed by atoms with E-state index in [2.05, 4.69) is 15.0 Å². The van der Waals surface area contributed by atoms with Gasteiger partial charge in [0.1, 0.15) is 11.4 Å². The van der Waals surface area contributed by atoms with Gasteiger partial charge < -0.3 is 9.64 Å². The molecule has 0 unspecified atom stereocenters. The van der Waals surface area contributed by atoms with E-state index in [-0.39, 0.29) is 5.95 Å². The molecule has 134 valence electrons. The van der Waals surface area contributed by atoms with Crippen LogP contribution >= 0.6 is 0 Å². The molecule has 0 N–H and O–H groups in total. The van der Waals surface area contributed by atoms with Crippen molar-refractivity contribution in [2.75, 3.05) is 24.6 Å². The molecule has 1 aliphatic heterocycles. The van der Waals surface area contributed by atoms with E-state index in [4.69, 9.17) is 4.74 Å². The van der Waals surface area contributed by atoms with E-state index in [0.717, 1.165) is 36.4 Å². The third kappa shape index (κ3) is 4.37. The summed E-state index contributed by atoms with van der Waals surface area (Å²) in [7, 11) is 0. The summed E-state index contributed by atoms with van der Waals surface area (Å²) in [5, 5.41) is 0. The Balaban J connectivity index is 1.55. The molecular weight excluding hydrogens is 333 g/mol. The fraction of sp³-hybridized carbons (Fsp3) is 0.471. The molecule has 25 heavy (non-hydrogen) atoms. The van der Waals surface area contributed by atoms with Gasteiger partial charge in [-0.25, -0.2) is 9.97 Å². The quantitative estimate of drug-likeness (QED) is 0.843. The maximum Gasteiger partial charge on any atom is 0.433 e. The fourth-order valence-corrected chi connectivity index (χ4v) is 2.79. The lowest BCUT2D eigenvalue weighted by Crippen LogP contribution is -2.36. The van der Waals surface area contributed by atoms with E-state index >= 15 is 0 Å². The van der Waals surface area contributed by atoms with Crippen LogP contribution in [0.2, 0.25) is 0 Å². The lowest BCUT2D eigenvalue weighted by Gasteiger charge is -2.32. The van der Waals surface area contributed by atoms with Crippen molar-refractivity contribution in [1.82, 2.24) is 15.0 Å². The van der Waals surface area contributed by atoms with Gasteiger partial charge in [0.15, 0.2) is 0 Å². The van der Waals surface area contributed by atoms with Crippen LogP contribution in [0.1, 0.15) is 24.1 Å². The number of anilines is 1. The highest BCUT2D eigenvalue weighted by molar-refractivity contribution is 5.32. The highest BCUT2D eigenvalue weighted by atomic mass is 19.4. The highest BCUT2D eigenvalue weighted by Crippen LogP contribution is 2.29. The van der Waals surface area contributed by atoms with Crippen LogP contribution in [0.5, 0.6) is 5.75 Å². The number of rotatable bonds is 4.